The number of carbonyl (C=O) groups excluding carboxylic acids is 2. The highest BCUT2D eigenvalue weighted by Crippen LogP contribution is 2.35. The van der Waals surface area contributed by atoms with Gasteiger partial charge in [-0.1, -0.05) is 0 Å². The van der Waals surface area contributed by atoms with Crippen molar-refractivity contribution >= 4 is 18.0 Å². The van der Waals surface area contributed by atoms with Gasteiger partial charge >= 0.3 is 5.97 Å². The highest BCUT2D eigenvalue weighted by molar-refractivity contribution is 5.95. The van der Waals surface area contributed by atoms with Crippen LogP contribution in [0.3, 0.4) is 0 Å². The van der Waals surface area contributed by atoms with E-state index in [9.17, 15) is 9.59 Å². The van der Waals surface area contributed by atoms with E-state index < -0.39 is 0 Å². The third-order valence-corrected chi connectivity index (χ3v) is 4.11. The van der Waals surface area contributed by atoms with E-state index in [0.29, 0.717) is 31.6 Å². The Morgan fingerprint density at radius 3 is 2.75 bits per heavy atom. The average molecular weight is 331 g/mol. The van der Waals surface area contributed by atoms with Crippen molar-refractivity contribution in [3.8, 4) is 5.75 Å². The number of hydrogen-bond acceptors (Lipinski definition) is 4. The number of amides is 1. The zero-order chi connectivity index (χ0) is 17.7. The van der Waals surface area contributed by atoms with Crippen LogP contribution in [0.2, 0.25) is 0 Å². The molecular formula is C19H25NO4. The molecule has 0 aliphatic carbocycles. The van der Waals surface area contributed by atoms with E-state index >= 15 is 0 Å². The Bertz CT molecular complexity index is 661. The molecule has 5 nitrogen and oxygen atoms in total. The molecule has 0 spiro atoms. The Balaban J connectivity index is 1.94. The minimum atomic E-state index is -0.329. The predicted octanol–water partition coefficient (Wildman–Crippen LogP) is 3.33. The minimum Gasteiger partial charge on any atom is -0.483 e. The minimum absolute atomic E-state index is 0.155. The maximum absolute atomic E-state index is 12.2. The first kappa shape index (κ1) is 18.0. The summed E-state index contributed by atoms with van der Waals surface area (Å²) in [7, 11) is 0. The maximum atomic E-state index is 12.2. The molecule has 1 amide bonds. The summed E-state index contributed by atoms with van der Waals surface area (Å²) in [4.78, 5) is 23.5. The Hall–Kier alpha value is -2.30. The zero-order valence-electron chi connectivity index (χ0n) is 14.8. The van der Waals surface area contributed by atoms with Crippen LogP contribution in [0.1, 0.15) is 56.5 Å². The molecule has 0 radical (unpaired) electrons. The second-order valence-electron chi connectivity index (χ2n) is 6.36. The lowest BCUT2D eigenvalue weighted by Crippen LogP contribution is -2.32. The highest BCUT2D eigenvalue weighted by atomic mass is 16.5. The van der Waals surface area contributed by atoms with Crippen molar-refractivity contribution in [1.29, 1.82) is 0 Å². The van der Waals surface area contributed by atoms with Crippen LogP contribution in [0.5, 0.6) is 5.75 Å². The summed E-state index contributed by atoms with van der Waals surface area (Å²) in [6, 6.07) is 5.41. The second-order valence-corrected chi connectivity index (χ2v) is 6.36. The predicted molar refractivity (Wildman–Crippen MR) is 93.0 cm³/mol. The van der Waals surface area contributed by atoms with Crippen LogP contribution in [0.4, 0.5) is 0 Å². The fourth-order valence-corrected chi connectivity index (χ4v) is 2.43. The summed E-state index contributed by atoms with van der Waals surface area (Å²) >= 11 is 0. The first-order valence-electron chi connectivity index (χ1n) is 8.29. The summed E-state index contributed by atoms with van der Waals surface area (Å²) in [5.74, 6) is 0.392. The summed E-state index contributed by atoms with van der Waals surface area (Å²) in [6.45, 7) is 8.65. The number of esters is 1. The monoisotopic (exact) mass is 331 g/mol. The van der Waals surface area contributed by atoms with Crippen LogP contribution in [-0.2, 0) is 9.53 Å². The Morgan fingerprint density at radius 2 is 2.04 bits per heavy atom. The Kier molecular flexibility index (Phi) is 5.65. The van der Waals surface area contributed by atoms with Crippen molar-refractivity contribution in [2.24, 2.45) is 0 Å². The molecule has 1 aromatic carbocycles. The summed E-state index contributed by atoms with van der Waals surface area (Å²) in [6.07, 6.45) is 2.92. The van der Waals surface area contributed by atoms with Gasteiger partial charge in [0, 0.05) is 24.1 Å². The van der Waals surface area contributed by atoms with Crippen LogP contribution < -0.4 is 10.1 Å². The number of nitrogens with one attached hydrogen (secondary N) is 1. The molecule has 1 aromatic rings. The van der Waals surface area contributed by atoms with E-state index in [1.165, 1.54) is 0 Å². The molecule has 0 saturated carbocycles. The van der Waals surface area contributed by atoms with Crippen LogP contribution in [0.25, 0.3) is 6.08 Å². The number of ether oxygens (including phenoxy) is 2. The van der Waals surface area contributed by atoms with Crippen molar-refractivity contribution in [2.75, 3.05) is 13.2 Å². The van der Waals surface area contributed by atoms with Crippen LogP contribution in [0, 0.1) is 0 Å². The number of rotatable bonds is 6. The van der Waals surface area contributed by atoms with Gasteiger partial charge in [-0.2, -0.15) is 0 Å². The lowest BCUT2D eigenvalue weighted by Gasteiger charge is -2.32. The molecule has 0 atom stereocenters. The quantitative estimate of drug-likeness (QED) is 0.641. The van der Waals surface area contributed by atoms with E-state index in [1.807, 2.05) is 32.9 Å². The van der Waals surface area contributed by atoms with E-state index in [-0.39, 0.29) is 17.5 Å². The van der Waals surface area contributed by atoms with E-state index in [0.717, 1.165) is 16.9 Å². The van der Waals surface area contributed by atoms with Gasteiger partial charge in [-0.15, -0.1) is 0 Å². The topological polar surface area (TPSA) is 64.6 Å². The molecule has 0 fully saturated rings. The first-order valence-corrected chi connectivity index (χ1v) is 8.29. The van der Waals surface area contributed by atoms with Gasteiger partial charge in [-0.25, -0.2) is 0 Å². The molecule has 1 aliphatic rings. The van der Waals surface area contributed by atoms with Gasteiger partial charge in [-0.3, -0.25) is 9.59 Å². The molecule has 1 N–H and O–H groups in total. The van der Waals surface area contributed by atoms with Crippen molar-refractivity contribution in [3.63, 3.8) is 0 Å². The van der Waals surface area contributed by atoms with Crippen LogP contribution >= 0.6 is 0 Å². The highest BCUT2D eigenvalue weighted by Gasteiger charge is 2.27. The third-order valence-electron chi connectivity index (χ3n) is 4.11. The third kappa shape index (κ3) is 4.37. The van der Waals surface area contributed by atoms with Crippen molar-refractivity contribution in [2.45, 2.75) is 46.1 Å². The molecule has 0 saturated heterocycles. The standard InChI is InChI=1S/C19H25NO4/c1-5-23-17(21)7-6-10-20-18(22)14-8-9-16-15(12-14)11-13(2)19(3,4)24-16/h8-9,11-12H,5-7,10H2,1-4H3,(H,20,22). The van der Waals surface area contributed by atoms with Gasteiger partial charge in [0.2, 0.25) is 0 Å². The normalized spacial score (nSPS) is 14.9. The first-order chi connectivity index (χ1) is 11.3. The Labute approximate surface area is 143 Å². The smallest absolute Gasteiger partial charge is 0.305 e. The zero-order valence-corrected chi connectivity index (χ0v) is 14.8. The van der Waals surface area contributed by atoms with Crippen LogP contribution in [0.15, 0.2) is 23.8 Å². The SMILES string of the molecule is CCOC(=O)CCCNC(=O)c1ccc2c(c1)C=C(C)C(C)(C)O2. The number of benzene rings is 1. The van der Waals surface area contributed by atoms with E-state index in [1.54, 1.807) is 13.0 Å². The fraction of sp³-hybridized carbons (Fsp3) is 0.474. The molecule has 0 aromatic heterocycles. The van der Waals surface area contributed by atoms with Crippen molar-refractivity contribution in [3.05, 3.63) is 34.9 Å². The number of fused-ring (bicyclic) bond motifs is 1. The van der Waals surface area contributed by atoms with Gasteiger partial charge in [0.05, 0.1) is 6.61 Å². The molecule has 130 valence electrons. The summed E-state index contributed by atoms with van der Waals surface area (Å²) in [5.41, 5.74) is 2.27. The van der Waals surface area contributed by atoms with Crippen molar-refractivity contribution < 1.29 is 19.1 Å². The van der Waals surface area contributed by atoms with Gasteiger partial charge in [0.1, 0.15) is 11.4 Å². The molecule has 1 heterocycles. The average Bonchev–Trinajstić information content (AvgIpc) is 2.52. The number of hydrogen-bond donors (Lipinski definition) is 1. The van der Waals surface area contributed by atoms with Gasteiger partial charge in [0.25, 0.3) is 5.91 Å². The largest absolute Gasteiger partial charge is 0.483 e. The maximum Gasteiger partial charge on any atom is 0.305 e. The molecule has 5 heteroatoms. The fourth-order valence-electron chi connectivity index (χ4n) is 2.43. The van der Waals surface area contributed by atoms with Gasteiger partial charge in [0.15, 0.2) is 0 Å². The lowest BCUT2D eigenvalue weighted by molar-refractivity contribution is -0.143. The molecule has 1 aliphatic heterocycles. The second kappa shape index (κ2) is 7.51. The van der Waals surface area contributed by atoms with Gasteiger partial charge < -0.3 is 14.8 Å². The lowest BCUT2D eigenvalue weighted by atomic mass is 9.93. The summed E-state index contributed by atoms with van der Waals surface area (Å²) < 4.78 is 10.8. The van der Waals surface area contributed by atoms with E-state index in [2.05, 4.69) is 11.4 Å². The van der Waals surface area contributed by atoms with Gasteiger partial charge in [-0.05, 0) is 64.0 Å². The van der Waals surface area contributed by atoms with Crippen molar-refractivity contribution in [1.82, 2.24) is 5.32 Å². The van der Waals surface area contributed by atoms with E-state index in [4.69, 9.17) is 9.47 Å². The molecular weight excluding hydrogens is 306 g/mol. The summed E-state index contributed by atoms with van der Waals surface area (Å²) in [5, 5.41) is 2.82. The molecule has 24 heavy (non-hydrogen) atoms. The molecule has 2 rings (SSSR count). The van der Waals surface area contributed by atoms with Crippen LogP contribution in [-0.4, -0.2) is 30.6 Å². The molecule has 0 bridgehead atoms. The molecule has 0 unspecified atom stereocenters. The number of carbonyl (C=O) groups is 2. The Morgan fingerprint density at radius 1 is 1.29 bits per heavy atom.